The van der Waals surface area contributed by atoms with Crippen molar-refractivity contribution < 1.29 is 6.11 Å². The summed E-state index contributed by atoms with van der Waals surface area (Å²) in [5, 5.41) is 3.21. The van der Waals surface area contributed by atoms with Crippen molar-refractivity contribution in [2.75, 3.05) is 18.9 Å². The van der Waals surface area contributed by atoms with E-state index in [-0.39, 0.29) is 11.9 Å². The molecule has 0 bridgehead atoms. The van der Waals surface area contributed by atoms with E-state index < -0.39 is 0 Å². The van der Waals surface area contributed by atoms with Crippen LogP contribution in [0.25, 0.3) is 0 Å². The first-order valence-corrected chi connectivity index (χ1v) is 4.63. The molecular formula is C11H13NO. The number of fused-ring (bicyclic) bond motifs is 2. The highest BCUT2D eigenvalue weighted by molar-refractivity contribution is 5.64. The summed E-state index contributed by atoms with van der Waals surface area (Å²) in [5.74, 6) is 0.894. The Labute approximate surface area is 79.3 Å². The molecule has 1 fully saturated rings. The highest BCUT2D eigenvalue weighted by atomic mass is 16.5. The molecule has 1 aliphatic carbocycles. The molecule has 1 unspecified atom stereocenters. The number of hydrogen-bond acceptors (Lipinski definition) is 2. The third kappa shape index (κ3) is 0.886. The number of rotatable bonds is 1. The fourth-order valence-electron chi connectivity index (χ4n) is 2.03. The van der Waals surface area contributed by atoms with Gasteiger partial charge in [0.1, 0.15) is 5.75 Å². The fraction of sp³-hybridized carbons (Fsp3) is 0.455. The molecule has 1 N–H and O–H groups in total. The highest BCUT2D eigenvalue weighted by Crippen LogP contribution is 2.54. The van der Waals surface area contributed by atoms with E-state index >= 15 is 0 Å². The lowest BCUT2D eigenvalue weighted by Crippen LogP contribution is -2.08. The number of anilines is 1. The van der Waals surface area contributed by atoms with Gasteiger partial charge >= 0.3 is 0 Å². The standard InChI is InChI=1S/C11H13NO/c1-13-8-2-3-10-9(6-8)11(4-5-11)7-12-10/h2-3,6,12H,4-5,7H2,1H3/i7D. The van der Waals surface area contributed by atoms with Crippen molar-refractivity contribution in [1.29, 1.82) is 0 Å². The summed E-state index contributed by atoms with van der Waals surface area (Å²) >= 11 is 0. The number of nitrogens with one attached hydrogen (secondary N) is 1. The Kier molecular flexibility index (Phi) is 1.06. The molecule has 0 aromatic heterocycles. The molecule has 2 aliphatic rings. The lowest BCUT2D eigenvalue weighted by atomic mass is 9.98. The van der Waals surface area contributed by atoms with Crippen molar-refractivity contribution in [2.24, 2.45) is 0 Å². The topological polar surface area (TPSA) is 21.3 Å². The van der Waals surface area contributed by atoms with Gasteiger partial charge in [0.15, 0.2) is 0 Å². The van der Waals surface area contributed by atoms with Crippen LogP contribution in [0.1, 0.15) is 19.8 Å². The largest absolute Gasteiger partial charge is 0.497 e. The summed E-state index contributed by atoms with van der Waals surface area (Å²) in [6.07, 6.45) is 2.27. The number of benzene rings is 1. The van der Waals surface area contributed by atoms with Crippen LogP contribution in [0, 0.1) is 0 Å². The molecule has 68 valence electrons. The first kappa shape index (κ1) is 6.30. The molecule has 0 amide bonds. The molecule has 1 atom stereocenters. The van der Waals surface area contributed by atoms with E-state index in [4.69, 9.17) is 6.11 Å². The Morgan fingerprint density at radius 1 is 1.54 bits per heavy atom. The van der Waals surface area contributed by atoms with Gasteiger partial charge in [0, 0.05) is 19.0 Å². The SMILES string of the molecule is [2H]C1Nc2ccc(OC)cc2C12CC2. The normalized spacial score (nSPS) is 27.8. The Morgan fingerprint density at radius 3 is 3.08 bits per heavy atom. The monoisotopic (exact) mass is 176 g/mol. The average Bonchev–Trinajstić information content (AvgIpc) is 2.94. The Hall–Kier alpha value is -1.18. The van der Waals surface area contributed by atoms with Crippen LogP contribution in [-0.4, -0.2) is 13.6 Å². The van der Waals surface area contributed by atoms with Gasteiger partial charge in [-0.25, -0.2) is 0 Å². The average molecular weight is 176 g/mol. The molecule has 0 saturated heterocycles. The molecule has 1 spiro atoms. The highest BCUT2D eigenvalue weighted by Gasteiger charge is 2.48. The van der Waals surface area contributed by atoms with Gasteiger partial charge in [0.05, 0.1) is 7.11 Å². The van der Waals surface area contributed by atoms with E-state index in [0.29, 0.717) is 0 Å². The number of methoxy groups -OCH3 is 1. The zero-order valence-electron chi connectivity index (χ0n) is 8.63. The maximum atomic E-state index is 7.96. The molecule has 0 radical (unpaired) electrons. The molecule has 13 heavy (non-hydrogen) atoms. The van der Waals surface area contributed by atoms with Gasteiger partial charge < -0.3 is 10.1 Å². The van der Waals surface area contributed by atoms with Crippen molar-refractivity contribution in [3.8, 4) is 5.75 Å². The summed E-state index contributed by atoms with van der Waals surface area (Å²) < 4.78 is 13.2. The van der Waals surface area contributed by atoms with Gasteiger partial charge in [-0.2, -0.15) is 0 Å². The second kappa shape index (κ2) is 2.19. The third-order valence-corrected chi connectivity index (χ3v) is 3.06. The Balaban J connectivity index is 2.12. The lowest BCUT2D eigenvalue weighted by molar-refractivity contribution is 0.414. The van der Waals surface area contributed by atoms with Crippen LogP contribution in [-0.2, 0) is 5.41 Å². The minimum Gasteiger partial charge on any atom is -0.497 e. The van der Waals surface area contributed by atoms with Crippen molar-refractivity contribution in [2.45, 2.75) is 18.3 Å². The molecule has 1 aromatic carbocycles. The van der Waals surface area contributed by atoms with E-state index in [1.807, 2.05) is 12.1 Å². The van der Waals surface area contributed by atoms with E-state index in [9.17, 15) is 0 Å². The molecule has 2 nitrogen and oxygen atoms in total. The predicted octanol–water partition coefficient (Wildman–Crippen LogP) is 2.15. The van der Waals surface area contributed by atoms with Gasteiger partial charge in [0.25, 0.3) is 0 Å². The van der Waals surface area contributed by atoms with E-state index in [2.05, 4.69) is 11.4 Å². The summed E-state index contributed by atoms with van der Waals surface area (Å²) in [5.41, 5.74) is 2.49. The van der Waals surface area contributed by atoms with Crippen molar-refractivity contribution in [3.05, 3.63) is 23.8 Å². The second-order valence-corrected chi connectivity index (χ2v) is 3.86. The zero-order chi connectivity index (χ0) is 9.76. The summed E-state index contributed by atoms with van der Waals surface area (Å²) in [6.45, 7) is -0.162. The van der Waals surface area contributed by atoms with E-state index in [1.54, 1.807) is 7.11 Å². The summed E-state index contributed by atoms with van der Waals surface area (Å²) in [7, 11) is 1.68. The van der Waals surface area contributed by atoms with Crippen LogP contribution in [0.2, 0.25) is 0 Å². The Bertz CT molecular complexity index is 387. The first-order chi connectivity index (χ1) is 6.76. The predicted molar refractivity (Wildman–Crippen MR) is 52.4 cm³/mol. The zero-order valence-corrected chi connectivity index (χ0v) is 7.63. The van der Waals surface area contributed by atoms with Gasteiger partial charge in [-0.05, 0) is 36.6 Å². The minimum absolute atomic E-state index is 0.101. The maximum absolute atomic E-state index is 7.96. The molecule has 3 rings (SSSR count). The van der Waals surface area contributed by atoms with Crippen molar-refractivity contribution in [3.63, 3.8) is 0 Å². The molecule has 1 saturated carbocycles. The molecule has 2 heteroatoms. The summed E-state index contributed by atoms with van der Waals surface area (Å²) in [6, 6.07) is 6.03. The first-order valence-electron chi connectivity index (χ1n) is 5.21. The van der Waals surface area contributed by atoms with Gasteiger partial charge in [-0.3, -0.25) is 0 Å². The van der Waals surface area contributed by atoms with Crippen LogP contribution in [0.15, 0.2) is 18.2 Å². The number of ether oxygens (including phenoxy) is 1. The maximum Gasteiger partial charge on any atom is 0.119 e. The van der Waals surface area contributed by atoms with E-state index in [1.165, 1.54) is 5.56 Å². The van der Waals surface area contributed by atoms with Crippen LogP contribution < -0.4 is 10.1 Å². The van der Waals surface area contributed by atoms with Crippen LogP contribution in [0.5, 0.6) is 5.75 Å². The molecular weight excluding hydrogens is 162 g/mol. The van der Waals surface area contributed by atoms with Gasteiger partial charge in [0.2, 0.25) is 0 Å². The smallest absolute Gasteiger partial charge is 0.119 e. The molecule has 1 heterocycles. The van der Waals surface area contributed by atoms with Crippen LogP contribution in [0.3, 0.4) is 0 Å². The van der Waals surface area contributed by atoms with E-state index in [0.717, 1.165) is 24.3 Å². The molecule has 1 aromatic rings. The number of hydrogen-bond donors (Lipinski definition) is 1. The van der Waals surface area contributed by atoms with Crippen LogP contribution in [0.4, 0.5) is 5.69 Å². The van der Waals surface area contributed by atoms with Crippen LogP contribution >= 0.6 is 0 Å². The van der Waals surface area contributed by atoms with Gasteiger partial charge in [-0.15, -0.1) is 0 Å². The Morgan fingerprint density at radius 2 is 2.38 bits per heavy atom. The quantitative estimate of drug-likeness (QED) is 0.708. The third-order valence-electron chi connectivity index (χ3n) is 3.06. The molecule has 1 aliphatic heterocycles. The van der Waals surface area contributed by atoms with Crippen molar-refractivity contribution in [1.82, 2.24) is 0 Å². The summed E-state index contributed by atoms with van der Waals surface area (Å²) in [4.78, 5) is 0. The fourth-order valence-corrected chi connectivity index (χ4v) is 2.03. The second-order valence-electron chi connectivity index (χ2n) is 3.86. The lowest BCUT2D eigenvalue weighted by Gasteiger charge is -2.07. The van der Waals surface area contributed by atoms with Crippen molar-refractivity contribution >= 4 is 5.69 Å². The minimum atomic E-state index is -0.162. The van der Waals surface area contributed by atoms with Gasteiger partial charge in [-0.1, -0.05) is 0 Å².